The molecule has 1 aromatic heterocycles. The molecular formula is C17H18ClF4N3. The molecule has 1 aliphatic heterocycles. The normalized spacial score (nSPS) is 17.4. The van der Waals surface area contributed by atoms with Crippen molar-refractivity contribution < 1.29 is 17.6 Å². The molecule has 1 saturated heterocycles. The van der Waals surface area contributed by atoms with Crippen molar-refractivity contribution >= 4 is 18.1 Å². The van der Waals surface area contributed by atoms with Gasteiger partial charge in [-0.1, -0.05) is 18.2 Å². The largest absolute Gasteiger partial charge is 0.416 e. The summed E-state index contributed by atoms with van der Waals surface area (Å²) in [6, 6.07) is 8.63. The Bertz CT molecular complexity index is 691. The zero-order chi connectivity index (χ0) is 17.2. The van der Waals surface area contributed by atoms with Crippen LogP contribution in [0.4, 0.5) is 23.2 Å². The highest BCUT2D eigenvalue weighted by Crippen LogP contribution is 2.32. The standard InChI is InChI=1S/C17H17F4N3.ClH/c18-16-6-5-14(10-23-16)24-8-7-13(11-24)22-9-12-3-1-2-4-15(12)17(19,20)21;/h1-6,10,13,22H,7-9,11H2;1H/t13-;/m0./s1. The van der Waals surface area contributed by atoms with Gasteiger partial charge in [0.1, 0.15) is 0 Å². The van der Waals surface area contributed by atoms with Crippen LogP contribution >= 0.6 is 12.4 Å². The van der Waals surface area contributed by atoms with Gasteiger partial charge in [-0.25, -0.2) is 4.98 Å². The minimum absolute atomic E-state index is 0. The summed E-state index contributed by atoms with van der Waals surface area (Å²) in [5.74, 6) is -0.531. The van der Waals surface area contributed by atoms with Crippen LogP contribution in [-0.2, 0) is 12.7 Å². The molecule has 3 rings (SSSR count). The van der Waals surface area contributed by atoms with E-state index in [0.717, 1.165) is 24.7 Å². The molecule has 0 unspecified atom stereocenters. The average Bonchev–Trinajstić information content (AvgIpc) is 3.02. The highest BCUT2D eigenvalue weighted by molar-refractivity contribution is 5.85. The Morgan fingerprint density at radius 1 is 1.16 bits per heavy atom. The fraction of sp³-hybridized carbons (Fsp3) is 0.353. The van der Waals surface area contributed by atoms with Crippen LogP contribution in [0.25, 0.3) is 0 Å². The lowest BCUT2D eigenvalue weighted by molar-refractivity contribution is -0.138. The zero-order valence-electron chi connectivity index (χ0n) is 13.3. The fourth-order valence-electron chi connectivity index (χ4n) is 2.92. The third kappa shape index (κ3) is 4.83. The monoisotopic (exact) mass is 375 g/mol. The molecule has 2 aromatic rings. The quantitative estimate of drug-likeness (QED) is 0.646. The molecule has 2 heterocycles. The second kappa shape index (κ2) is 8.01. The maximum Gasteiger partial charge on any atom is 0.416 e. The van der Waals surface area contributed by atoms with Crippen LogP contribution in [0.15, 0.2) is 42.6 Å². The van der Waals surface area contributed by atoms with Crippen LogP contribution in [0.2, 0.25) is 0 Å². The number of nitrogens with one attached hydrogen (secondary N) is 1. The molecule has 136 valence electrons. The van der Waals surface area contributed by atoms with E-state index in [9.17, 15) is 17.6 Å². The van der Waals surface area contributed by atoms with E-state index in [1.165, 1.54) is 24.4 Å². The van der Waals surface area contributed by atoms with Crippen molar-refractivity contribution in [2.45, 2.75) is 25.2 Å². The van der Waals surface area contributed by atoms with E-state index in [-0.39, 0.29) is 30.6 Å². The number of halogens is 5. The van der Waals surface area contributed by atoms with Crippen molar-refractivity contribution in [2.24, 2.45) is 0 Å². The van der Waals surface area contributed by atoms with E-state index >= 15 is 0 Å². The van der Waals surface area contributed by atoms with Crippen molar-refractivity contribution in [3.8, 4) is 0 Å². The zero-order valence-corrected chi connectivity index (χ0v) is 14.1. The van der Waals surface area contributed by atoms with E-state index in [1.807, 2.05) is 4.90 Å². The van der Waals surface area contributed by atoms with Gasteiger partial charge in [0.05, 0.1) is 17.4 Å². The fourth-order valence-corrected chi connectivity index (χ4v) is 2.92. The van der Waals surface area contributed by atoms with Crippen LogP contribution < -0.4 is 10.2 Å². The SMILES string of the molecule is Cl.Fc1ccc(N2CC[C@H](NCc3ccccc3C(F)(F)F)C2)cn1. The van der Waals surface area contributed by atoms with E-state index < -0.39 is 17.7 Å². The van der Waals surface area contributed by atoms with Crippen LogP contribution in [0.3, 0.4) is 0 Å². The van der Waals surface area contributed by atoms with Crippen molar-refractivity contribution in [3.05, 3.63) is 59.7 Å². The predicted molar refractivity (Wildman–Crippen MR) is 90.3 cm³/mol. The summed E-state index contributed by atoms with van der Waals surface area (Å²) in [7, 11) is 0. The van der Waals surface area contributed by atoms with E-state index in [0.29, 0.717) is 6.54 Å². The number of hydrogen-bond donors (Lipinski definition) is 1. The number of rotatable bonds is 4. The summed E-state index contributed by atoms with van der Waals surface area (Å²) in [6.07, 6.45) is -2.07. The van der Waals surface area contributed by atoms with Crippen LogP contribution in [0.5, 0.6) is 0 Å². The van der Waals surface area contributed by atoms with Gasteiger partial charge in [0.15, 0.2) is 0 Å². The molecule has 1 fully saturated rings. The van der Waals surface area contributed by atoms with Gasteiger partial charge in [0.2, 0.25) is 5.95 Å². The minimum Gasteiger partial charge on any atom is -0.369 e. The number of aromatic nitrogens is 1. The smallest absolute Gasteiger partial charge is 0.369 e. The number of anilines is 1. The Balaban J connectivity index is 0.00000225. The second-order valence-corrected chi connectivity index (χ2v) is 5.81. The molecule has 1 aliphatic rings. The molecule has 25 heavy (non-hydrogen) atoms. The summed E-state index contributed by atoms with van der Waals surface area (Å²) in [5, 5.41) is 3.19. The molecule has 0 bridgehead atoms. The van der Waals surface area contributed by atoms with Gasteiger partial charge in [0, 0.05) is 25.7 Å². The van der Waals surface area contributed by atoms with Crippen LogP contribution in [0, 0.1) is 5.95 Å². The topological polar surface area (TPSA) is 28.2 Å². The van der Waals surface area contributed by atoms with Gasteiger partial charge >= 0.3 is 6.18 Å². The molecule has 1 aromatic carbocycles. The highest BCUT2D eigenvalue weighted by atomic mass is 35.5. The van der Waals surface area contributed by atoms with Gasteiger partial charge in [-0.3, -0.25) is 0 Å². The maximum absolute atomic E-state index is 13.0. The van der Waals surface area contributed by atoms with Crippen molar-refractivity contribution in [1.29, 1.82) is 0 Å². The number of pyridine rings is 1. The molecule has 0 amide bonds. The van der Waals surface area contributed by atoms with Crippen LogP contribution in [-0.4, -0.2) is 24.1 Å². The van der Waals surface area contributed by atoms with Gasteiger partial charge in [0.25, 0.3) is 0 Å². The predicted octanol–water partition coefficient (Wildman–Crippen LogP) is 4.03. The molecule has 0 saturated carbocycles. The Morgan fingerprint density at radius 2 is 1.92 bits per heavy atom. The van der Waals surface area contributed by atoms with Crippen molar-refractivity contribution in [3.63, 3.8) is 0 Å². The van der Waals surface area contributed by atoms with Gasteiger partial charge in [-0.15, -0.1) is 12.4 Å². The van der Waals surface area contributed by atoms with E-state index in [2.05, 4.69) is 10.3 Å². The van der Waals surface area contributed by atoms with Crippen molar-refractivity contribution in [1.82, 2.24) is 10.3 Å². The summed E-state index contributed by atoms with van der Waals surface area (Å²) in [5.41, 5.74) is 0.457. The highest BCUT2D eigenvalue weighted by Gasteiger charge is 2.33. The minimum atomic E-state index is -4.35. The molecule has 0 spiro atoms. The van der Waals surface area contributed by atoms with Gasteiger partial charge in [-0.2, -0.15) is 17.6 Å². The van der Waals surface area contributed by atoms with E-state index in [4.69, 9.17) is 0 Å². The molecule has 0 aliphatic carbocycles. The number of nitrogens with zero attached hydrogens (tertiary/aromatic N) is 2. The Hall–Kier alpha value is -1.86. The lowest BCUT2D eigenvalue weighted by Gasteiger charge is -2.19. The second-order valence-electron chi connectivity index (χ2n) is 5.81. The first-order valence-corrected chi connectivity index (χ1v) is 7.68. The summed E-state index contributed by atoms with van der Waals surface area (Å²) in [4.78, 5) is 5.67. The molecule has 0 radical (unpaired) electrons. The molecule has 1 N–H and O–H groups in total. The Kier molecular flexibility index (Phi) is 6.24. The number of benzene rings is 1. The lowest BCUT2D eigenvalue weighted by Crippen LogP contribution is -2.32. The first-order chi connectivity index (χ1) is 11.4. The lowest BCUT2D eigenvalue weighted by atomic mass is 10.1. The summed E-state index contributed by atoms with van der Waals surface area (Å²) in [6.45, 7) is 1.57. The molecule has 1 atom stereocenters. The molecule has 3 nitrogen and oxygen atoms in total. The van der Waals surface area contributed by atoms with Crippen LogP contribution in [0.1, 0.15) is 17.5 Å². The third-order valence-corrected chi connectivity index (χ3v) is 4.17. The first-order valence-electron chi connectivity index (χ1n) is 7.68. The number of alkyl halides is 3. The summed E-state index contributed by atoms with van der Waals surface area (Å²) >= 11 is 0. The van der Waals surface area contributed by atoms with E-state index in [1.54, 1.807) is 12.1 Å². The Morgan fingerprint density at radius 3 is 2.60 bits per heavy atom. The maximum atomic E-state index is 13.0. The van der Waals surface area contributed by atoms with Gasteiger partial charge in [-0.05, 0) is 30.2 Å². The van der Waals surface area contributed by atoms with Crippen molar-refractivity contribution in [2.75, 3.05) is 18.0 Å². The average molecular weight is 376 g/mol. The third-order valence-electron chi connectivity index (χ3n) is 4.17. The molecule has 8 heteroatoms. The van der Waals surface area contributed by atoms with Gasteiger partial charge < -0.3 is 10.2 Å². The Labute approximate surface area is 149 Å². The first kappa shape index (κ1) is 19.5. The summed E-state index contributed by atoms with van der Waals surface area (Å²) < 4.78 is 51.8. The molecular weight excluding hydrogens is 358 g/mol. The number of hydrogen-bond acceptors (Lipinski definition) is 3.